The van der Waals surface area contributed by atoms with Crippen LogP contribution < -0.4 is 0 Å². The van der Waals surface area contributed by atoms with Crippen LogP contribution in [-0.2, 0) is 12.8 Å². The molecule has 0 aliphatic carbocycles. The van der Waals surface area contributed by atoms with Crippen molar-refractivity contribution >= 4 is 0 Å². The second kappa shape index (κ2) is 5.71. The van der Waals surface area contributed by atoms with Crippen LogP contribution in [0, 0.1) is 0 Å². The normalized spacial score (nSPS) is 10.8. The number of aryl methyl sites for hydroxylation is 2. The maximum atomic E-state index is 9.30. The number of H-pyrrole nitrogens is 1. The van der Waals surface area contributed by atoms with E-state index in [0.29, 0.717) is 0 Å². The standard InChI is InChI=1S/C15H20N2O/c1-3-5-13-14(6-4-2)17-15(16-13)11-7-9-12(18)10-8-11/h7-10,18H,3-6H2,1-2H3,(H,16,17). The maximum absolute atomic E-state index is 9.30. The third kappa shape index (κ3) is 2.73. The monoisotopic (exact) mass is 244 g/mol. The van der Waals surface area contributed by atoms with Gasteiger partial charge in [-0.2, -0.15) is 0 Å². The molecule has 1 heterocycles. The van der Waals surface area contributed by atoms with Gasteiger partial charge in [-0.15, -0.1) is 0 Å². The van der Waals surface area contributed by atoms with E-state index in [1.165, 1.54) is 11.4 Å². The van der Waals surface area contributed by atoms with Gasteiger partial charge in [0.05, 0.1) is 5.69 Å². The Morgan fingerprint density at radius 2 is 1.72 bits per heavy atom. The number of aromatic nitrogens is 2. The summed E-state index contributed by atoms with van der Waals surface area (Å²) in [7, 11) is 0. The zero-order chi connectivity index (χ0) is 13.0. The van der Waals surface area contributed by atoms with E-state index in [0.717, 1.165) is 37.1 Å². The number of nitrogens with one attached hydrogen (secondary N) is 1. The van der Waals surface area contributed by atoms with E-state index in [-0.39, 0.29) is 5.75 Å². The lowest BCUT2D eigenvalue weighted by molar-refractivity contribution is 0.475. The van der Waals surface area contributed by atoms with Crippen LogP contribution in [0.3, 0.4) is 0 Å². The number of phenols is 1. The number of hydrogen-bond acceptors (Lipinski definition) is 2. The smallest absolute Gasteiger partial charge is 0.137 e. The molecule has 18 heavy (non-hydrogen) atoms. The first-order chi connectivity index (χ1) is 8.74. The molecule has 0 atom stereocenters. The maximum Gasteiger partial charge on any atom is 0.137 e. The molecule has 3 heteroatoms. The summed E-state index contributed by atoms with van der Waals surface area (Å²) in [5.41, 5.74) is 3.46. The molecule has 0 bridgehead atoms. The van der Waals surface area contributed by atoms with Gasteiger partial charge >= 0.3 is 0 Å². The van der Waals surface area contributed by atoms with Gasteiger partial charge < -0.3 is 10.1 Å². The Balaban J connectivity index is 2.33. The molecule has 1 aromatic heterocycles. The third-order valence-corrected chi connectivity index (χ3v) is 2.99. The van der Waals surface area contributed by atoms with Crippen molar-refractivity contribution in [1.82, 2.24) is 9.97 Å². The summed E-state index contributed by atoms with van der Waals surface area (Å²) < 4.78 is 0. The molecule has 1 aromatic carbocycles. The highest BCUT2D eigenvalue weighted by Gasteiger charge is 2.10. The van der Waals surface area contributed by atoms with Crippen molar-refractivity contribution in [1.29, 1.82) is 0 Å². The van der Waals surface area contributed by atoms with Crippen LogP contribution in [0.15, 0.2) is 24.3 Å². The number of benzene rings is 1. The van der Waals surface area contributed by atoms with Gasteiger partial charge in [-0.05, 0) is 37.1 Å². The molecule has 96 valence electrons. The predicted molar refractivity (Wildman–Crippen MR) is 73.7 cm³/mol. The summed E-state index contributed by atoms with van der Waals surface area (Å²) in [6.07, 6.45) is 4.29. The molecule has 0 radical (unpaired) electrons. The molecule has 0 aliphatic heterocycles. The molecule has 2 aromatic rings. The van der Waals surface area contributed by atoms with Crippen molar-refractivity contribution < 1.29 is 5.11 Å². The summed E-state index contributed by atoms with van der Waals surface area (Å²) in [4.78, 5) is 8.09. The Kier molecular flexibility index (Phi) is 4.03. The molecule has 0 fully saturated rings. The van der Waals surface area contributed by atoms with Gasteiger partial charge in [-0.1, -0.05) is 26.7 Å². The molecule has 2 N–H and O–H groups in total. The zero-order valence-corrected chi connectivity index (χ0v) is 11.0. The molecular weight excluding hydrogens is 224 g/mol. The van der Waals surface area contributed by atoms with E-state index < -0.39 is 0 Å². The Labute approximate surface area is 108 Å². The van der Waals surface area contributed by atoms with Crippen molar-refractivity contribution in [2.45, 2.75) is 39.5 Å². The number of aromatic hydroxyl groups is 1. The minimum absolute atomic E-state index is 0.285. The lowest BCUT2D eigenvalue weighted by Gasteiger charge is -1.97. The minimum atomic E-state index is 0.285. The van der Waals surface area contributed by atoms with Gasteiger partial charge in [-0.25, -0.2) is 4.98 Å². The summed E-state index contributed by atoms with van der Waals surface area (Å²) in [6, 6.07) is 7.16. The van der Waals surface area contributed by atoms with Crippen LogP contribution >= 0.6 is 0 Å². The van der Waals surface area contributed by atoms with Crippen molar-refractivity contribution in [3.63, 3.8) is 0 Å². The fourth-order valence-corrected chi connectivity index (χ4v) is 2.10. The molecule has 0 saturated heterocycles. The van der Waals surface area contributed by atoms with Gasteiger partial charge in [0.15, 0.2) is 0 Å². The Morgan fingerprint density at radius 1 is 1.06 bits per heavy atom. The summed E-state index contributed by atoms with van der Waals surface area (Å²) in [5.74, 6) is 1.19. The van der Waals surface area contributed by atoms with Crippen molar-refractivity contribution in [3.8, 4) is 17.1 Å². The Bertz CT molecular complexity index is 476. The van der Waals surface area contributed by atoms with Gasteiger partial charge in [0.25, 0.3) is 0 Å². The largest absolute Gasteiger partial charge is 0.508 e. The number of imidazole rings is 1. The molecule has 0 spiro atoms. The van der Waals surface area contributed by atoms with Crippen molar-refractivity contribution in [2.24, 2.45) is 0 Å². The molecular formula is C15H20N2O. The third-order valence-electron chi connectivity index (χ3n) is 2.99. The van der Waals surface area contributed by atoms with E-state index in [1.807, 2.05) is 12.1 Å². The number of aromatic amines is 1. The van der Waals surface area contributed by atoms with Crippen LogP contribution in [0.4, 0.5) is 0 Å². The van der Waals surface area contributed by atoms with Gasteiger partial charge in [0.2, 0.25) is 0 Å². The first-order valence-electron chi connectivity index (χ1n) is 6.61. The van der Waals surface area contributed by atoms with Crippen molar-refractivity contribution in [3.05, 3.63) is 35.7 Å². The van der Waals surface area contributed by atoms with E-state index in [2.05, 4.69) is 23.8 Å². The van der Waals surface area contributed by atoms with Crippen molar-refractivity contribution in [2.75, 3.05) is 0 Å². The zero-order valence-electron chi connectivity index (χ0n) is 11.0. The van der Waals surface area contributed by atoms with Crippen LogP contribution in [0.5, 0.6) is 5.75 Å². The number of nitrogens with zero attached hydrogens (tertiary/aromatic N) is 1. The summed E-state index contributed by atoms with van der Waals surface area (Å²) in [6.45, 7) is 4.35. The van der Waals surface area contributed by atoms with Gasteiger partial charge in [-0.3, -0.25) is 0 Å². The first-order valence-corrected chi connectivity index (χ1v) is 6.61. The average molecular weight is 244 g/mol. The lowest BCUT2D eigenvalue weighted by Crippen LogP contribution is -1.91. The van der Waals surface area contributed by atoms with Crippen LogP contribution in [0.1, 0.15) is 38.1 Å². The topological polar surface area (TPSA) is 48.9 Å². The number of rotatable bonds is 5. The van der Waals surface area contributed by atoms with E-state index in [9.17, 15) is 5.11 Å². The molecule has 0 amide bonds. The van der Waals surface area contributed by atoms with E-state index in [1.54, 1.807) is 12.1 Å². The number of phenolic OH excluding ortho intramolecular Hbond substituents is 1. The first kappa shape index (κ1) is 12.7. The summed E-state index contributed by atoms with van der Waals surface area (Å²) in [5, 5.41) is 9.30. The minimum Gasteiger partial charge on any atom is -0.508 e. The lowest BCUT2D eigenvalue weighted by atomic mass is 10.1. The molecule has 0 saturated carbocycles. The molecule has 3 nitrogen and oxygen atoms in total. The highest BCUT2D eigenvalue weighted by atomic mass is 16.3. The number of hydrogen-bond donors (Lipinski definition) is 2. The van der Waals surface area contributed by atoms with E-state index in [4.69, 9.17) is 0 Å². The fraction of sp³-hybridized carbons (Fsp3) is 0.400. The van der Waals surface area contributed by atoms with Crippen LogP contribution in [-0.4, -0.2) is 15.1 Å². The SMILES string of the molecule is CCCc1nc(-c2ccc(O)cc2)[nH]c1CCC. The molecule has 0 aliphatic rings. The second-order valence-corrected chi connectivity index (χ2v) is 4.56. The van der Waals surface area contributed by atoms with Crippen LogP contribution in [0.2, 0.25) is 0 Å². The van der Waals surface area contributed by atoms with E-state index >= 15 is 0 Å². The quantitative estimate of drug-likeness (QED) is 0.842. The second-order valence-electron chi connectivity index (χ2n) is 4.56. The van der Waals surface area contributed by atoms with Crippen LogP contribution in [0.25, 0.3) is 11.4 Å². The Hall–Kier alpha value is -1.77. The average Bonchev–Trinajstić information content (AvgIpc) is 2.75. The summed E-state index contributed by atoms with van der Waals surface area (Å²) >= 11 is 0. The molecule has 0 unspecified atom stereocenters. The highest BCUT2D eigenvalue weighted by molar-refractivity contribution is 5.57. The Morgan fingerprint density at radius 3 is 2.33 bits per heavy atom. The molecule has 2 rings (SSSR count). The predicted octanol–water partition coefficient (Wildman–Crippen LogP) is 3.69. The van der Waals surface area contributed by atoms with Gasteiger partial charge in [0.1, 0.15) is 11.6 Å². The van der Waals surface area contributed by atoms with Gasteiger partial charge in [0, 0.05) is 11.3 Å². The highest BCUT2D eigenvalue weighted by Crippen LogP contribution is 2.22. The fourth-order valence-electron chi connectivity index (χ4n) is 2.10.